The van der Waals surface area contributed by atoms with Crippen molar-refractivity contribution in [1.82, 2.24) is 4.31 Å². The van der Waals surface area contributed by atoms with Crippen molar-refractivity contribution in [1.29, 1.82) is 0 Å². The molecule has 1 saturated heterocycles. The van der Waals surface area contributed by atoms with Crippen LogP contribution in [0.3, 0.4) is 0 Å². The lowest BCUT2D eigenvalue weighted by atomic mass is 10.1. The first-order valence-corrected chi connectivity index (χ1v) is 10.6. The highest BCUT2D eigenvalue weighted by Gasteiger charge is 2.40. The van der Waals surface area contributed by atoms with Gasteiger partial charge in [0.15, 0.2) is 0 Å². The summed E-state index contributed by atoms with van der Waals surface area (Å²) in [5.74, 6) is -0.306. The zero-order chi connectivity index (χ0) is 22.1. The Kier molecular flexibility index (Phi) is 6.09. The average molecular weight is 442 g/mol. The molecule has 0 bridgehead atoms. The van der Waals surface area contributed by atoms with Gasteiger partial charge in [0.25, 0.3) is 0 Å². The summed E-state index contributed by atoms with van der Waals surface area (Å²) in [6.45, 7) is 1.78. The van der Waals surface area contributed by atoms with Crippen LogP contribution in [0.1, 0.15) is 24.0 Å². The molecular formula is C20H21F3N2O4S. The first kappa shape index (κ1) is 22.1. The fraction of sp³-hybridized carbons (Fsp3) is 0.350. The predicted octanol–water partition coefficient (Wildman–Crippen LogP) is 3.81. The first-order valence-electron chi connectivity index (χ1n) is 9.18. The average Bonchev–Trinajstić information content (AvgIpc) is 3.19. The van der Waals surface area contributed by atoms with Gasteiger partial charge in [-0.05, 0) is 49.6 Å². The van der Waals surface area contributed by atoms with Crippen molar-refractivity contribution >= 4 is 21.6 Å². The molecule has 10 heteroatoms. The number of sulfonamides is 1. The Hall–Kier alpha value is -2.59. The zero-order valence-electron chi connectivity index (χ0n) is 16.4. The van der Waals surface area contributed by atoms with Gasteiger partial charge in [0.2, 0.25) is 15.9 Å². The number of amides is 1. The fourth-order valence-electron chi connectivity index (χ4n) is 3.40. The van der Waals surface area contributed by atoms with E-state index in [1.807, 2.05) is 0 Å². The predicted molar refractivity (Wildman–Crippen MR) is 105 cm³/mol. The van der Waals surface area contributed by atoms with Gasteiger partial charge in [-0.2, -0.15) is 17.5 Å². The molecule has 6 nitrogen and oxygen atoms in total. The van der Waals surface area contributed by atoms with Gasteiger partial charge in [0, 0.05) is 18.3 Å². The summed E-state index contributed by atoms with van der Waals surface area (Å²) >= 11 is 0. The van der Waals surface area contributed by atoms with E-state index < -0.39 is 33.7 Å². The molecular weight excluding hydrogens is 421 g/mol. The van der Waals surface area contributed by atoms with Gasteiger partial charge in [0.1, 0.15) is 11.8 Å². The molecule has 2 aromatic carbocycles. The van der Waals surface area contributed by atoms with E-state index in [2.05, 4.69) is 5.32 Å². The third kappa shape index (κ3) is 4.44. The summed E-state index contributed by atoms with van der Waals surface area (Å²) < 4.78 is 71.3. The van der Waals surface area contributed by atoms with Crippen LogP contribution in [-0.4, -0.2) is 38.3 Å². The lowest BCUT2D eigenvalue weighted by Gasteiger charge is -2.24. The molecule has 1 heterocycles. The lowest BCUT2D eigenvalue weighted by Crippen LogP contribution is -2.43. The van der Waals surface area contributed by atoms with Crippen LogP contribution in [0.2, 0.25) is 0 Å². The second-order valence-electron chi connectivity index (χ2n) is 6.97. The number of alkyl halides is 3. The van der Waals surface area contributed by atoms with Crippen molar-refractivity contribution in [3.63, 3.8) is 0 Å². The lowest BCUT2D eigenvalue weighted by molar-refractivity contribution is -0.137. The number of hydrogen-bond acceptors (Lipinski definition) is 4. The second-order valence-corrected chi connectivity index (χ2v) is 8.83. The zero-order valence-corrected chi connectivity index (χ0v) is 17.2. The largest absolute Gasteiger partial charge is 0.497 e. The summed E-state index contributed by atoms with van der Waals surface area (Å²) in [7, 11) is -2.59. The maximum atomic E-state index is 13.2. The number of carbonyl (C=O) groups is 1. The minimum atomic E-state index is -4.55. The van der Waals surface area contributed by atoms with Crippen LogP contribution in [0.4, 0.5) is 18.9 Å². The maximum Gasteiger partial charge on any atom is 0.416 e. The van der Waals surface area contributed by atoms with Crippen LogP contribution >= 0.6 is 0 Å². The molecule has 162 valence electrons. The van der Waals surface area contributed by atoms with Crippen molar-refractivity contribution in [3.8, 4) is 5.75 Å². The number of methoxy groups -OCH3 is 1. The molecule has 1 amide bonds. The smallest absolute Gasteiger partial charge is 0.416 e. The molecule has 1 aliphatic heterocycles. The third-order valence-electron chi connectivity index (χ3n) is 4.95. The van der Waals surface area contributed by atoms with E-state index in [0.717, 1.165) is 16.4 Å². The van der Waals surface area contributed by atoms with Gasteiger partial charge in [-0.1, -0.05) is 12.1 Å². The highest BCUT2D eigenvalue weighted by atomic mass is 32.2. The number of anilines is 1. The van der Waals surface area contributed by atoms with Crippen LogP contribution in [0, 0.1) is 6.92 Å². The van der Waals surface area contributed by atoms with Crippen molar-refractivity contribution in [2.24, 2.45) is 0 Å². The van der Waals surface area contributed by atoms with Crippen LogP contribution < -0.4 is 10.1 Å². The Morgan fingerprint density at radius 3 is 2.60 bits per heavy atom. The number of benzene rings is 2. The molecule has 1 atom stereocenters. The number of rotatable bonds is 5. The molecule has 30 heavy (non-hydrogen) atoms. The Morgan fingerprint density at radius 2 is 1.93 bits per heavy atom. The van der Waals surface area contributed by atoms with E-state index in [4.69, 9.17) is 4.74 Å². The number of aryl methyl sites for hydroxylation is 1. The molecule has 0 aromatic heterocycles. The molecule has 3 rings (SSSR count). The van der Waals surface area contributed by atoms with E-state index in [1.54, 1.807) is 19.1 Å². The maximum absolute atomic E-state index is 13.2. The van der Waals surface area contributed by atoms with Crippen LogP contribution in [0.25, 0.3) is 0 Å². The normalized spacial score (nSPS) is 17.7. The Labute approximate surface area is 172 Å². The van der Waals surface area contributed by atoms with Crippen LogP contribution in [0.5, 0.6) is 5.75 Å². The quantitative estimate of drug-likeness (QED) is 0.764. The molecule has 1 unspecified atom stereocenters. The number of ether oxygens (including phenoxy) is 1. The van der Waals surface area contributed by atoms with E-state index in [0.29, 0.717) is 17.7 Å². The fourth-order valence-corrected chi connectivity index (χ4v) is 5.30. The Bertz CT molecular complexity index is 1050. The first-order chi connectivity index (χ1) is 14.0. The van der Waals surface area contributed by atoms with Crippen molar-refractivity contribution in [3.05, 3.63) is 53.6 Å². The number of hydrogen-bond donors (Lipinski definition) is 1. The topological polar surface area (TPSA) is 75.7 Å². The number of nitrogens with zero attached hydrogens (tertiary/aromatic N) is 1. The van der Waals surface area contributed by atoms with Crippen molar-refractivity contribution in [2.75, 3.05) is 19.0 Å². The Morgan fingerprint density at radius 1 is 1.20 bits per heavy atom. The summed E-state index contributed by atoms with van der Waals surface area (Å²) in [5.41, 5.74) is -0.445. The van der Waals surface area contributed by atoms with Gasteiger partial charge in [-0.25, -0.2) is 8.42 Å². The minimum Gasteiger partial charge on any atom is -0.497 e. The number of carbonyl (C=O) groups excluding carboxylic acids is 1. The molecule has 0 spiro atoms. The van der Waals surface area contributed by atoms with Crippen LogP contribution in [0.15, 0.2) is 47.4 Å². The molecule has 2 aromatic rings. The van der Waals surface area contributed by atoms with Gasteiger partial charge >= 0.3 is 6.18 Å². The Balaban J connectivity index is 1.86. The van der Waals surface area contributed by atoms with E-state index in [9.17, 15) is 26.4 Å². The molecule has 1 aliphatic rings. The molecule has 0 aliphatic carbocycles. The molecule has 1 N–H and O–H groups in total. The van der Waals surface area contributed by atoms with Crippen molar-refractivity contribution < 1.29 is 31.1 Å². The van der Waals surface area contributed by atoms with Crippen LogP contribution in [-0.2, 0) is 21.0 Å². The summed E-state index contributed by atoms with van der Waals surface area (Å²) in [4.78, 5) is 12.8. The number of nitrogens with one attached hydrogen (secondary N) is 1. The summed E-state index contributed by atoms with van der Waals surface area (Å²) in [6, 6.07) is 7.84. The standard InChI is InChI=1S/C20H21F3N2O4S/c1-13-8-9-16(29-2)12-18(13)30(27,28)25-10-4-7-17(25)19(26)24-15-6-3-5-14(11-15)20(21,22)23/h3,5-6,8-9,11-12,17H,4,7,10H2,1-2H3,(H,24,26). The van der Waals surface area contributed by atoms with Gasteiger partial charge in [-0.3, -0.25) is 4.79 Å². The van der Waals surface area contributed by atoms with Crippen molar-refractivity contribution in [2.45, 2.75) is 36.9 Å². The number of halogens is 3. The van der Waals surface area contributed by atoms with Gasteiger partial charge in [0.05, 0.1) is 17.6 Å². The summed E-state index contributed by atoms with van der Waals surface area (Å²) in [6.07, 6.45) is -3.82. The highest BCUT2D eigenvalue weighted by molar-refractivity contribution is 7.89. The molecule has 1 fully saturated rings. The van der Waals surface area contributed by atoms with Gasteiger partial charge < -0.3 is 10.1 Å². The molecule has 0 saturated carbocycles. The monoisotopic (exact) mass is 442 g/mol. The third-order valence-corrected chi connectivity index (χ3v) is 7.00. The van der Waals surface area contributed by atoms with E-state index >= 15 is 0 Å². The second kappa shape index (κ2) is 8.27. The summed E-state index contributed by atoms with van der Waals surface area (Å²) in [5, 5.41) is 2.42. The minimum absolute atomic E-state index is 0.0284. The van der Waals surface area contributed by atoms with E-state index in [1.165, 1.54) is 25.3 Å². The SMILES string of the molecule is COc1ccc(C)c(S(=O)(=O)N2CCCC2C(=O)Nc2cccc(C(F)(F)F)c2)c1. The van der Waals surface area contributed by atoms with E-state index in [-0.39, 0.29) is 23.5 Å². The molecule has 0 radical (unpaired) electrons. The highest BCUT2D eigenvalue weighted by Crippen LogP contribution is 2.32. The van der Waals surface area contributed by atoms with Gasteiger partial charge in [-0.15, -0.1) is 0 Å².